The summed E-state index contributed by atoms with van der Waals surface area (Å²) in [7, 11) is 3.34. The lowest BCUT2D eigenvalue weighted by Gasteiger charge is -2.31. The second-order valence-electron chi connectivity index (χ2n) is 8.16. The van der Waals surface area contributed by atoms with E-state index in [0.717, 1.165) is 56.0 Å². The quantitative estimate of drug-likeness (QED) is 0.612. The molecule has 3 rings (SSSR count). The molecule has 1 amide bonds. The van der Waals surface area contributed by atoms with Crippen LogP contribution in [0.1, 0.15) is 42.1 Å². The van der Waals surface area contributed by atoms with Crippen LogP contribution in [0.4, 0.5) is 5.69 Å². The average Bonchev–Trinajstić information content (AvgIpc) is 2.78. The van der Waals surface area contributed by atoms with Crippen molar-refractivity contribution in [2.45, 2.75) is 32.6 Å². The number of amides is 1. The minimum atomic E-state index is -0.0162. The van der Waals surface area contributed by atoms with E-state index in [0.29, 0.717) is 18.0 Å². The Labute approximate surface area is 184 Å². The molecule has 1 aliphatic heterocycles. The van der Waals surface area contributed by atoms with Gasteiger partial charge in [0.2, 0.25) is 5.91 Å². The maximum absolute atomic E-state index is 12.4. The van der Waals surface area contributed by atoms with Crippen molar-refractivity contribution in [2.75, 3.05) is 39.2 Å². The topological polar surface area (TPSA) is 67.9 Å². The van der Waals surface area contributed by atoms with Crippen LogP contribution < -0.4 is 14.8 Å². The van der Waals surface area contributed by atoms with Crippen LogP contribution in [0.25, 0.3) is 0 Å². The molecule has 0 unspecified atom stereocenters. The number of hydrogen-bond donors (Lipinski definition) is 1. The van der Waals surface area contributed by atoms with Gasteiger partial charge in [0.1, 0.15) is 11.5 Å². The molecule has 2 aromatic carbocycles. The summed E-state index contributed by atoms with van der Waals surface area (Å²) in [5.41, 5.74) is 2.60. The molecule has 1 heterocycles. The first-order valence-electron chi connectivity index (χ1n) is 10.8. The van der Waals surface area contributed by atoms with Crippen LogP contribution in [-0.4, -0.2) is 50.4 Å². The molecule has 6 nitrogen and oxygen atoms in total. The predicted molar refractivity (Wildman–Crippen MR) is 122 cm³/mol. The fourth-order valence-electron chi connectivity index (χ4n) is 4.01. The predicted octanol–water partition coefficient (Wildman–Crippen LogP) is 4.19. The number of Topliss-reactive ketones (excluding diaryl/α,β-unsaturated/α-hetero) is 1. The molecule has 6 heteroatoms. The van der Waals surface area contributed by atoms with Gasteiger partial charge in [0.15, 0.2) is 5.78 Å². The molecule has 2 aromatic rings. The van der Waals surface area contributed by atoms with Crippen LogP contribution in [0.3, 0.4) is 0 Å². The zero-order valence-corrected chi connectivity index (χ0v) is 18.6. The van der Waals surface area contributed by atoms with E-state index >= 15 is 0 Å². The minimum absolute atomic E-state index is 0.0162. The van der Waals surface area contributed by atoms with E-state index < -0.39 is 0 Å². The molecule has 0 bridgehead atoms. The third kappa shape index (κ3) is 6.82. The number of likely N-dealkylation sites (tertiary alicyclic amines) is 1. The van der Waals surface area contributed by atoms with Crippen LogP contribution in [-0.2, 0) is 11.2 Å². The van der Waals surface area contributed by atoms with Crippen molar-refractivity contribution in [3.8, 4) is 11.5 Å². The summed E-state index contributed by atoms with van der Waals surface area (Å²) < 4.78 is 10.7. The van der Waals surface area contributed by atoms with E-state index in [2.05, 4.69) is 22.3 Å². The number of ether oxygens (including phenoxy) is 2. The van der Waals surface area contributed by atoms with Gasteiger partial charge in [-0.2, -0.15) is 0 Å². The van der Waals surface area contributed by atoms with E-state index in [1.54, 1.807) is 38.5 Å². The van der Waals surface area contributed by atoms with Gasteiger partial charge in [-0.25, -0.2) is 0 Å². The van der Waals surface area contributed by atoms with Crippen LogP contribution in [0.15, 0.2) is 42.5 Å². The lowest BCUT2D eigenvalue weighted by Crippen LogP contribution is -2.39. The van der Waals surface area contributed by atoms with Crippen molar-refractivity contribution >= 4 is 17.4 Å². The fourth-order valence-corrected chi connectivity index (χ4v) is 4.01. The van der Waals surface area contributed by atoms with Gasteiger partial charge in [0, 0.05) is 17.3 Å². The number of ketones is 1. The summed E-state index contributed by atoms with van der Waals surface area (Å²) in [5, 5.41) is 2.92. The molecule has 1 saturated heterocycles. The highest BCUT2D eigenvalue weighted by Crippen LogP contribution is 2.27. The lowest BCUT2D eigenvalue weighted by atomic mass is 9.90. The van der Waals surface area contributed by atoms with Gasteiger partial charge in [0.05, 0.1) is 20.8 Å². The molecular weight excluding hydrogens is 392 g/mol. The number of hydrogen-bond acceptors (Lipinski definition) is 5. The normalized spacial score (nSPS) is 14.8. The molecule has 1 fully saturated rings. The number of aryl methyl sites for hydroxylation is 1. The molecule has 0 saturated carbocycles. The molecule has 0 atom stereocenters. The second-order valence-corrected chi connectivity index (χ2v) is 8.16. The third-order valence-electron chi connectivity index (χ3n) is 5.90. The van der Waals surface area contributed by atoms with Crippen molar-refractivity contribution < 1.29 is 19.1 Å². The van der Waals surface area contributed by atoms with Gasteiger partial charge >= 0.3 is 0 Å². The van der Waals surface area contributed by atoms with Gasteiger partial charge in [-0.05, 0) is 93.6 Å². The molecule has 0 aromatic heterocycles. The minimum Gasteiger partial charge on any atom is -0.497 e. The molecule has 0 aliphatic carbocycles. The van der Waals surface area contributed by atoms with E-state index in [9.17, 15) is 9.59 Å². The number of nitrogens with one attached hydrogen (secondary N) is 1. The number of methoxy groups -OCH3 is 2. The van der Waals surface area contributed by atoms with Crippen molar-refractivity contribution in [2.24, 2.45) is 5.92 Å². The number of carbonyl (C=O) groups excluding carboxylic acids is 2. The molecule has 166 valence electrons. The summed E-state index contributed by atoms with van der Waals surface area (Å²) in [4.78, 5) is 25.9. The van der Waals surface area contributed by atoms with Gasteiger partial charge in [-0.3, -0.25) is 14.5 Å². The van der Waals surface area contributed by atoms with E-state index in [4.69, 9.17) is 9.47 Å². The Hall–Kier alpha value is -2.86. The largest absolute Gasteiger partial charge is 0.497 e. The molecule has 1 aliphatic rings. The van der Waals surface area contributed by atoms with Crippen LogP contribution >= 0.6 is 0 Å². The Bertz CT molecular complexity index is 865. The highest BCUT2D eigenvalue weighted by molar-refractivity contribution is 5.96. The zero-order chi connectivity index (χ0) is 22.2. The second kappa shape index (κ2) is 11.0. The number of nitrogens with zero attached hydrogens (tertiary/aromatic N) is 1. The van der Waals surface area contributed by atoms with Crippen molar-refractivity contribution in [1.82, 2.24) is 4.90 Å². The monoisotopic (exact) mass is 424 g/mol. The molecule has 0 radical (unpaired) electrons. The fraction of sp³-hybridized carbons (Fsp3) is 0.440. The first-order chi connectivity index (χ1) is 15.0. The Balaban J connectivity index is 1.41. The van der Waals surface area contributed by atoms with Gasteiger partial charge < -0.3 is 14.8 Å². The summed E-state index contributed by atoms with van der Waals surface area (Å²) >= 11 is 0. The van der Waals surface area contributed by atoms with Crippen molar-refractivity contribution in [3.05, 3.63) is 53.6 Å². The molecule has 31 heavy (non-hydrogen) atoms. The summed E-state index contributed by atoms with van der Waals surface area (Å²) in [6, 6.07) is 13.1. The summed E-state index contributed by atoms with van der Waals surface area (Å²) in [6.07, 6.45) is 4.32. The number of benzene rings is 2. The van der Waals surface area contributed by atoms with Crippen LogP contribution in [0.2, 0.25) is 0 Å². The number of piperidine rings is 1. The van der Waals surface area contributed by atoms with Crippen LogP contribution in [0, 0.1) is 5.92 Å². The Morgan fingerprint density at radius 1 is 1.00 bits per heavy atom. The van der Waals surface area contributed by atoms with Gasteiger partial charge in [-0.1, -0.05) is 0 Å². The lowest BCUT2D eigenvalue weighted by molar-refractivity contribution is -0.117. The number of anilines is 1. The van der Waals surface area contributed by atoms with Gasteiger partial charge in [-0.15, -0.1) is 0 Å². The van der Waals surface area contributed by atoms with Crippen molar-refractivity contribution in [1.29, 1.82) is 0 Å². The van der Waals surface area contributed by atoms with Crippen LogP contribution in [0.5, 0.6) is 11.5 Å². The van der Waals surface area contributed by atoms with Crippen molar-refractivity contribution in [3.63, 3.8) is 0 Å². The third-order valence-corrected chi connectivity index (χ3v) is 5.90. The first kappa shape index (κ1) is 22.8. The highest BCUT2D eigenvalue weighted by Gasteiger charge is 2.21. The van der Waals surface area contributed by atoms with Gasteiger partial charge in [0.25, 0.3) is 0 Å². The van der Waals surface area contributed by atoms with E-state index in [-0.39, 0.29) is 11.7 Å². The summed E-state index contributed by atoms with van der Waals surface area (Å²) in [6.45, 7) is 3.80. The Kier molecular flexibility index (Phi) is 8.06. The summed E-state index contributed by atoms with van der Waals surface area (Å²) in [5.74, 6) is 2.32. The first-order valence-corrected chi connectivity index (χ1v) is 10.8. The number of rotatable bonds is 9. The average molecular weight is 425 g/mol. The van der Waals surface area contributed by atoms with E-state index in [1.165, 1.54) is 12.5 Å². The maximum Gasteiger partial charge on any atom is 0.238 e. The molecule has 1 N–H and O–H groups in total. The number of carbonyl (C=O) groups is 2. The highest BCUT2D eigenvalue weighted by atomic mass is 16.5. The SMILES string of the molecule is COc1cc(CCC2CCN(CC(=O)Nc3ccc(C(C)=O)cc3)CC2)cc(OC)c1. The molecular formula is C25H32N2O4. The standard InChI is InChI=1S/C25H32N2O4/c1-18(28)21-6-8-22(9-7-21)26-25(29)17-27-12-10-19(11-13-27)4-5-20-14-23(30-2)16-24(15-20)31-3/h6-9,14-16,19H,4-5,10-13,17H2,1-3H3,(H,26,29). The Morgan fingerprint density at radius 3 is 2.16 bits per heavy atom. The zero-order valence-electron chi connectivity index (χ0n) is 18.6. The maximum atomic E-state index is 12.4. The van der Waals surface area contributed by atoms with E-state index in [1.807, 2.05) is 6.07 Å². The smallest absolute Gasteiger partial charge is 0.238 e. The molecule has 0 spiro atoms. The Morgan fingerprint density at radius 2 is 1.61 bits per heavy atom.